The Morgan fingerprint density at radius 2 is 1.97 bits per heavy atom. The Morgan fingerprint density at radius 3 is 2.70 bits per heavy atom. The first-order chi connectivity index (χ1) is 16.0. The number of ether oxygens (including phenoxy) is 1. The molecule has 5 rings (SSSR count). The van der Waals surface area contributed by atoms with E-state index in [0.717, 1.165) is 41.8 Å². The van der Waals surface area contributed by atoms with Crippen molar-refractivity contribution in [3.63, 3.8) is 0 Å². The predicted molar refractivity (Wildman–Crippen MR) is 126 cm³/mol. The summed E-state index contributed by atoms with van der Waals surface area (Å²) in [7, 11) is 0. The van der Waals surface area contributed by atoms with E-state index >= 15 is 0 Å². The average Bonchev–Trinajstić information content (AvgIpc) is 3.49. The SMILES string of the molecule is CC1=C(c2nc(-c3ccc(Cl)cc3)no2)C(c2cccc(Cl)c2)NC(=O)N1CC1CCCO1. The second kappa shape index (κ2) is 9.17. The molecule has 2 aromatic carbocycles. The summed E-state index contributed by atoms with van der Waals surface area (Å²) in [4.78, 5) is 19.5. The van der Waals surface area contributed by atoms with Crippen LogP contribution in [0.25, 0.3) is 17.0 Å². The molecule has 2 amide bonds. The van der Waals surface area contributed by atoms with E-state index in [9.17, 15) is 4.79 Å². The number of hydrogen-bond donors (Lipinski definition) is 1. The summed E-state index contributed by atoms with van der Waals surface area (Å²) in [5, 5.41) is 8.47. The van der Waals surface area contributed by atoms with Gasteiger partial charge in [-0.15, -0.1) is 0 Å². The number of rotatable bonds is 5. The molecular formula is C24H22Cl2N4O3. The Labute approximate surface area is 201 Å². The molecule has 170 valence electrons. The predicted octanol–water partition coefficient (Wildman–Crippen LogP) is 5.72. The van der Waals surface area contributed by atoms with Gasteiger partial charge in [-0.3, -0.25) is 4.90 Å². The molecule has 1 saturated heterocycles. The van der Waals surface area contributed by atoms with E-state index < -0.39 is 6.04 Å². The number of hydrogen-bond acceptors (Lipinski definition) is 5. The zero-order valence-corrected chi connectivity index (χ0v) is 19.4. The van der Waals surface area contributed by atoms with Crippen LogP contribution in [-0.4, -0.2) is 40.3 Å². The third-order valence-corrected chi connectivity index (χ3v) is 6.43. The summed E-state index contributed by atoms with van der Waals surface area (Å²) in [6.45, 7) is 3.07. The molecule has 3 aromatic rings. The van der Waals surface area contributed by atoms with Crippen molar-refractivity contribution in [3.05, 3.63) is 75.7 Å². The summed E-state index contributed by atoms with van der Waals surface area (Å²) in [5.74, 6) is 0.772. The van der Waals surface area contributed by atoms with Gasteiger partial charge in [-0.2, -0.15) is 4.98 Å². The van der Waals surface area contributed by atoms with Gasteiger partial charge in [0.25, 0.3) is 5.89 Å². The average molecular weight is 485 g/mol. The van der Waals surface area contributed by atoms with Gasteiger partial charge in [-0.1, -0.05) is 40.5 Å². The zero-order valence-electron chi connectivity index (χ0n) is 17.9. The van der Waals surface area contributed by atoms with Crippen LogP contribution in [0.4, 0.5) is 4.79 Å². The second-order valence-corrected chi connectivity index (χ2v) is 8.99. The van der Waals surface area contributed by atoms with Crippen molar-refractivity contribution in [2.45, 2.75) is 31.9 Å². The molecule has 9 heteroatoms. The Bertz CT molecular complexity index is 1200. The number of urea groups is 1. The van der Waals surface area contributed by atoms with Gasteiger partial charge in [0.05, 0.1) is 24.3 Å². The molecule has 33 heavy (non-hydrogen) atoms. The summed E-state index contributed by atoms with van der Waals surface area (Å²) in [5.41, 5.74) is 3.07. The molecule has 2 atom stereocenters. The minimum atomic E-state index is -0.490. The lowest BCUT2D eigenvalue weighted by molar-refractivity contribution is 0.0877. The van der Waals surface area contributed by atoms with Gasteiger partial charge >= 0.3 is 6.03 Å². The molecule has 0 spiro atoms. The fourth-order valence-corrected chi connectivity index (χ4v) is 4.58. The number of halogens is 2. The van der Waals surface area contributed by atoms with E-state index in [2.05, 4.69) is 15.5 Å². The van der Waals surface area contributed by atoms with E-state index in [-0.39, 0.29) is 12.1 Å². The fourth-order valence-electron chi connectivity index (χ4n) is 4.26. The van der Waals surface area contributed by atoms with Gasteiger partial charge in [-0.25, -0.2) is 4.79 Å². The number of nitrogens with zero attached hydrogens (tertiary/aromatic N) is 3. The maximum absolute atomic E-state index is 13.1. The Kier molecular flexibility index (Phi) is 6.10. The zero-order chi connectivity index (χ0) is 22.9. The van der Waals surface area contributed by atoms with Crippen molar-refractivity contribution in [1.29, 1.82) is 0 Å². The minimum absolute atomic E-state index is 0.00184. The first-order valence-corrected chi connectivity index (χ1v) is 11.5. The highest BCUT2D eigenvalue weighted by atomic mass is 35.5. The van der Waals surface area contributed by atoms with Crippen molar-refractivity contribution < 1.29 is 14.1 Å². The third-order valence-electron chi connectivity index (χ3n) is 5.95. The molecule has 1 aromatic heterocycles. The third kappa shape index (κ3) is 4.49. The first kappa shape index (κ1) is 21.9. The fraction of sp³-hybridized carbons (Fsp3) is 0.292. The quantitative estimate of drug-likeness (QED) is 0.500. The van der Waals surface area contributed by atoms with E-state index in [1.807, 2.05) is 37.3 Å². The Hall–Kier alpha value is -2.87. The van der Waals surface area contributed by atoms with Crippen LogP contribution >= 0.6 is 23.2 Å². The van der Waals surface area contributed by atoms with E-state index in [4.69, 9.17) is 32.5 Å². The number of benzene rings is 2. The molecular weight excluding hydrogens is 463 g/mol. The number of carbonyl (C=O) groups is 1. The summed E-state index contributed by atoms with van der Waals surface area (Å²) < 4.78 is 11.5. The maximum Gasteiger partial charge on any atom is 0.322 e. The van der Waals surface area contributed by atoms with Gasteiger partial charge in [0.15, 0.2) is 0 Å². The monoisotopic (exact) mass is 484 g/mol. The lowest BCUT2D eigenvalue weighted by Crippen LogP contribution is -2.48. The lowest BCUT2D eigenvalue weighted by Gasteiger charge is -2.36. The summed E-state index contributed by atoms with van der Waals surface area (Å²) in [6.07, 6.45) is 1.92. The molecule has 2 aliphatic heterocycles. The molecule has 2 unspecified atom stereocenters. The van der Waals surface area contributed by atoms with Gasteiger partial charge in [-0.05, 0) is 61.7 Å². The maximum atomic E-state index is 13.1. The van der Waals surface area contributed by atoms with Crippen LogP contribution in [0.15, 0.2) is 58.8 Å². The molecule has 3 heterocycles. The molecule has 0 saturated carbocycles. The molecule has 1 fully saturated rings. The lowest BCUT2D eigenvalue weighted by atomic mass is 9.94. The highest BCUT2D eigenvalue weighted by Gasteiger charge is 2.37. The highest BCUT2D eigenvalue weighted by molar-refractivity contribution is 6.30. The van der Waals surface area contributed by atoms with Crippen LogP contribution in [-0.2, 0) is 4.74 Å². The molecule has 0 aliphatic carbocycles. The van der Waals surface area contributed by atoms with Crippen LogP contribution in [0.2, 0.25) is 10.0 Å². The van der Waals surface area contributed by atoms with Crippen LogP contribution in [0.1, 0.15) is 37.3 Å². The summed E-state index contributed by atoms with van der Waals surface area (Å²) in [6, 6.07) is 13.9. The number of aromatic nitrogens is 2. The first-order valence-electron chi connectivity index (χ1n) is 10.8. The van der Waals surface area contributed by atoms with Crippen molar-refractivity contribution >= 4 is 34.8 Å². The largest absolute Gasteiger partial charge is 0.376 e. The number of nitrogens with one attached hydrogen (secondary N) is 1. The molecule has 7 nitrogen and oxygen atoms in total. The van der Waals surface area contributed by atoms with E-state index in [0.29, 0.717) is 28.3 Å². The normalized spacial score (nSPS) is 20.9. The number of allylic oxidation sites excluding steroid dienone is 1. The van der Waals surface area contributed by atoms with Crippen LogP contribution in [0.3, 0.4) is 0 Å². The van der Waals surface area contributed by atoms with Crippen LogP contribution in [0, 0.1) is 0 Å². The van der Waals surface area contributed by atoms with E-state index in [1.165, 1.54) is 0 Å². The standard InChI is InChI=1S/C24H22Cl2N4O3/c1-14-20(23-28-22(29-33-23)15-7-9-17(25)10-8-15)21(16-4-2-5-18(26)12-16)27-24(31)30(14)13-19-6-3-11-32-19/h2,4-5,7-10,12,19,21H,3,6,11,13H2,1H3,(H,27,31). The van der Waals surface area contributed by atoms with Gasteiger partial charge in [0, 0.05) is 27.9 Å². The Balaban J connectivity index is 1.57. The minimum Gasteiger partial charge on any atom is -0.376 e. The molecule has 1 N–H and O–H groups in total. The smallest absolute Gasteiger partial charge is 0.322 e. The second-order valence-electron chi connectivity index (χ2n) is 8.11. The molecule has 2 aliphatic rings. The van der Waals surface area contributed by atoms with Crippen LogP contribution in [0.5, 0.6) is 0 Å². The van der Waals surface area contributed by atoms with Crippen LogP contribution < -0.4 is 5.32 Å². The summed E-state index contributed by atoms with van der Waals surface area (Å²) >= 11 is 12.3. The van der Waals surface area contributed by atoms with Gasteiger partial charge in [0.1, 0.15) is 0 Å². The van der Waals surface area contributed by atoms with Crippen molar-refractivity contribution in [3.8, 4) is 11.4 Å². The van der Waals surface area contributed by atoms with E-state index in [1.54, 1.807) is 23.1 Å². The molecule has 0 radical (unpaired) electrons. The highest BCUT2D eigenvalue weighted by Crippen LogP contribution is 2.38. The topological polar surface area (TPSA) is 80.5 Å². The number of carbonyl (C=O) groups excluding carboxylic acids is 1. The van der Waals surface area contributed by atoms with Crippen molar-refractivity contribution in [2.75, 3.05) is 13.2 Å². The van der Waals surface area contributed by atoms with Crippen molar-refractivity contribution in [2.24, 2.45) is 0 Å². The van der Waals surface area contributed by atoms with Gasteiger partial charge in [0.2, 0.25) is 5.82 Å². The van der Waals surface area contributed by atoms with Gasteiger partial charge < -0.3 is 14.6 Å². The Morgan fingerprint density at radius 1 is 1.15 bits per heavy atom. The van der Waals surface area contributed by atoms with Crippen molar-refractivity contribution in [1.82, 2.24) is 20.4 Å². The number of amides is 2. The molecule has 0 bridgehead atoms.